The van der Waals surface area contributed by atoms with Crippen LogP contribution in [0.3, 0.4) is 0 Å². The van der Waals surface area contributed by atoms with Gasteiger partial charge in [0, 0.05) is 6.54 Å². The first-order chi connectivity index (χ1) is 12.8. The summed E-state index contributed by atoms with van der Waals surface area (Å²) in [6, 6.07) is 12.1. The third-order valence-corrected chi connectivity index (χ3v) is 5.05. The van der Waals surface area contributed by atoms with E-state index in [0.29, 0.717) is 18.1 Å². The lowest BCUT2D eigenvalue weighted by Crippen LogP contribution is -2.31. The van der Waals surface area contributed by atoms with Crippen molar-refractivity contribution >= 4 is 5.82 Å². The number of nitrogens with zero attached hydrogens (tertiary/aromatic N) is 5. The lowest BCUT2D eigenvalue weighted by atomic mass is 9.92. The highest BCUT2D eigenvalue weighted by atomic mass is 16.5. The van der Waals surface area contributed by atoms with Crippen molar-refractivity contribution in [1.82, 2.24) is 20.3 Å². The average molecular weight is 351 g/mol. The SMILES string of the molecule is OCc1nc(-c2ccc(N3CCC4(C3)OCc3ccccc34)nn2)no1. The number of aromatic nitrogens is 4. The monoisotopic (exact) mass is 351 g/mol. The largest absolute Gasteiger partial charge is 0.387 e. The molecule has 2 aromatic heterocycles. The van der Waals surface area contributed by atoms with Gasteiger partial charge >= 0.3 is 0 Å². The van der Waals surface area contributed by atoms with Crippen LogP contribution in [0.1, 0.15) is 23.4 Å². The molecule has 0 amide bonds. The first-order valence-electron chi connectivity index (χ1n) is 8.52. The quantitative estimate of drug-likeness (QED) is 0.761. The molecule has 0 saturated carbocycles. The molecule has 0 aliphatic carbocycles. The molecular formula is C18H17N5O3. The highest BCUT2D eigenvalue weighted by Gasteiger charge is 2.45. The summed E-state index contributed by atoms with van der Waals surface area (Å²) in [7, 11) is 0. The molecular weight excluding hydrogens is 334 g/mol. The molecule has 2 aliphatic rings. The van der Waals surface area contributed by atoms with Gasteiger partial charge in [0.05, 0.1) is 13.2 Å². The van der Waals surface area contributed by atoms with Gasteiger partial charge in [-0.3, -0.25) is 0 Å². The van der Waals surface area contributed by atoms with E-state index in [1.54, 1.807) is 0 Å². The number of rotatable bonds is 3. The first-order valence-corrected chi connectivity index (χ1v) is 8.52. The zero-order chi connectivity index (χ0) is 17.6. The van der Waals surface area contributed by atoms with Crippen LogP contribution in [0.2, 0.25) is 0 Å². The summed E-state index contributed by atoms with van der Waals surface area (Å²) in [5, 5.41) is 21.3. The third-order valence-electron chi connectivity index (χ3n) is 5.05. The summed E-state index contributed by atoms with van der Waals surface area (Å²) in [5.74, 6) is 1.27. The second-order valence-electron chi connectivity index (χ2n) is 6.56. The van der Waals surface area contributed by atoms with Crippen LogP contribution in [-0.4, -0.2) is 38.5 Å². The molecule has 1 fully saturated rings. The molecule has 132 valence electrons. The fourth-order valence-corrected chi connectivity index (χ4v) is 3.74. The van der Waals surface area contributed by atoms with Crippen LogP contribution in [-0.2, 0) is 23.6 Å². The maximum absolute atomic E-state index is 9.01. The molecule has 8 heteroatoms. The molecule has 1 spiro atoms. The van der Waals surface area contributed by atoms with Crippen molar-refractivity contribution in [2.75, 3.05) is 18.0 Å². The fourth-order valence-electron chi connectivity index (χ4n) is 3.74. The molecule has 0 radical (unpaired) electrons. The molecule has 2 aliphatic heterocycles. The number of aliphatic hydroxyl groups is 1. The molecule has 1 N–H and O–H groups in total. The van der Waals surface area contributed by atoms with Gasteiger partial charge in [-0.05, 0) is 29.7 Å². The highest BCUT2D eigenvalue weighted by molar-refractivity contribution is 5.52. The topological polar surface area (TPSA) is 97.4 Å². The minimum absolute atomic E-state index is 0.157. The van der Waals surface area contributed by atoms with Gasteiger partial charge in [0.15, 0.2) is 5.82 Å². The van der Waals surface area contributed by atoms with Gasteiger partial charge in [0.25, 0.3) is 5.89 Å². The summed E-state index contributed by atoms with van der Waals surface area (Å²) >= 11 is 0. The molecule has 5 rings (SSSR count). The number of aliphatic hydroxyl groups excluding tert-OH is 1. The standard InChI is InChI=1S/C18H17N5O3/c24-9-16-19-17(22-26-16)14-5-6-15(21-20-14)23-8-7-18(11-23)13-4-2-1-3-12(13)10-25-18/h1-6,24H,7-11H2. The molecule has 8 nitrogen and oxygen atoms in total. The lowest BCUT2D eigenvalue weighted by molar-refractivity contribution is -0.0205. The number of hydrogen-bond acceptors (Lipinski definition) is 8. The Morgan fingerprint density at radius 2 is 2.08 bits per heavy atom. The average Bonchev–Trinajstić information content (AvgIpc) is 3.42. The van der Waals surface area contributed by atoms with Gasteiger partial charge in [-0.15, -0.1) is 10.2 Å². The number of hydrogen-bond donors (Lipinski definition) is 1. The van der Waals surface area contributed by atoms with Crippen molar-refractivity contribution in [1.29, 1.82) is 0 Å². The van der Waals surface area contributed by atoms with E-state index >= 15 is 0 Å². The predicted molar refractivity (Wildman–Crippen MR) is 91.0 cm³/mol. The van der Waals surface area contributed by atoms with E-state index in [1.807, 2.05) is 12.1 Å². The minimum atomic E-state index is -0.296. The summed E-state index contributed by atoms with van der Waals surface area (Å²) < 4.78 is 11.1. The zero-order valence-corrected chi connectivity index (χ0v) is 14.0. The predicted octanol–water partition coefficient (Wildman–Crippen LogP) is 1.65. The van der Waals surface area contributed by atoms with Crippen molar-refractivity contribution in [2.45, 2.75) is 25.2 Å². The van der Waals surface area contributed by atoms with Crippen LogP contribution in [0.15, 0.2) is 40.9 Å². The normalized spacial score (nSPS) is 21.5. The highest BCUT2D eigenvalue weighted by Crippen LogP contribution is 2.44. The van der Waals surface area contributed by atoms with Gasteiger partial charge in [0.2, 0.25) is 5.82 Å². The lowest BCUT2D eigenvalue weighted by Gasteiger charge is -2.25. The van der Waals surface area contributed by atoms with E-state index in [1.165, 1.54) is 11.1 Å². The van der Waals surface area contributed by atoms with Crippen LogP contribution in [0, 0.1) is 0 Å². The number of benzene rings is 1. The number of fused-ring (bicyclic) bond motifs is 2. The molecule has 3 aromatic rings. The molecule has 26 heavy (non-hydrogen) atoms. The van der Waals surface area contributed by atoms with Gasteiger partial charge in [-0.2, -0.15) is 4.98 Å². The Labute approximate surface area is 149 Å². The van der Waals surface area contributed by atoms with Gasteiger partial charge in [-0.25, -0.2) is 0 Å². The van der Waals surface area contributed by atoms with E-state index in [0.717, 1.165) is 25.3 Å². The van der Waals surface area contributed by atoms with Crippen LogP contribution < -0.4 is 4.90 Å². The second-order valence-corrected chi connectivity index (χ2v) is 6.56. The van der Waals surface area contributed by atoms with Crippen LogP contribution >= 0.6 is 0 Å². The van der Waals surface area contributed by atoms with E-state index in [2.05, 4.69) is 49.5 Å². The van der Waals surface area contributed by atoms with Gasteiger partial charge in [-0.1, -0.05) is 29.4 Å². The zero-order valence-electron chi connectivity index (χ0n) is 14.0. The molecule has 4 heterocycles. The molecule has 1 aromatic carbocycles. The molecule has 1 saturated heterocycles. The summed E-state index contributed by atoms with van der Waals surface area (Å²) in [4.78, 5) is 6.23. The van der Waals surface area contributed by atoms with E-state index in [4.69, 9.17) is 14.4 Å². The Hall–Kier alpha value is -2.84. The summed E-state index contributed by atoms with van der Waals surface area (Å²) in [6.07, 6.45) is 0.929. The van der Waals surface area contributed by atoms with Crippen LogP contribution in [0.25, 0.3) is 11.5 Å². The van der Waals surface area contributed by atoms with Crippen molar-refractivity contribution < 1.29 is 14.4 Å². The maximum atomic E-state index is 9.01. The van der Waals surface area contributed by atoms with Gasteiger partial charge in [0.1, 0.15) is 17.9 Å². The Balaban J connectivity index is 1.37. The fraction of sp³-hybridized carbons (Fsp3) is 0.333. The van der Waals surface area contributed by atoms with E-state index < -0.39 is 0 Å². The molecule has 0 bridgehead atoms. The van der Waals surface area contributed by atoms with E-state index in [-0.39, 0.29) is 18.1 Å². The third kappa shape index (κ3) is 2.38. The van der Waals surface area contributed by atoms with Crippen molar-refractivity contribution in [3.05, 3.63) is 53.4 Å². The Kier molecular flexibility index (Phi) is 3.47. The Morgan fingerprint density at radius 3 is 2.88 bits per heavy atom. The second kappa shape index (κ2) is 5.86. The smallest absolute Gasteiger partial charge is 0.252 e. The summed E-state index contributed by atoms with van der Waals surface area (Å²) in [5.41, 5.74) is 2.82. The van der Waals surface area contributed by atoms with Crippen LogP contribution in [0.5, 0.6) is 0 Å². The van der Waals surface area contributed by atoms with Gasteiger partial charge < -0.3 is 19.3 Å². The molecule has 1 unspecified atom stereocenters. The number of anilines is 1. The number of ether oxygens (including phenoxy) is 1. The molecule has 1 atom stereocenters. The van der Waals surface area contributed by atoms with Crippen LogP contribution in [0.4, 0.5) is 5.82 Å². The maximum Gasteiger partial charge on any atom is 0.252 e. The van der Waals surface area contributed by atoms with E-state index in [9.17, 15) is 0 Å². The minimum Gasteiger partial charge on any atom is -0.387 e. The first kappa shape index (κ1) is 15.4. The van der Waals surface area contributed by atoms with Crippen molar-refractivity contribution in [3.63, 3.8) is 0 Å². The Bertz CT molecular complexity index is 942. The Morgan fingerprint density at radius 1 is 1.15 bits per heavy atom. The van der Waals surface area contributed by atoms with Crippen molar-refractivity contribution in [2.24, 2.45) is 0 Å². The van der Waals surface area contributed by atoms with Crippen molar-refractivity contribution in [3.8, 4) is 11.5 Å². The summed E-state index contributed by atoms with van der Waals surface area (Å²) in [6.45, 7) is 1.99.